The van der Waals surface area contributed by atoms with E-state index in [2.05, 4.69) is 5.10 Å². The summed E-state index contributed by atoms with van der Waals surface area (Å²) in [7, 11) is 1.50. The first kappa shape index (κ1) is 21.7. The van der Waals surface area contributed by atoms with Gasteiger partial charge in [0.25, 0.3) is 5.91 Å². The Morgan fingerprint density at radius 2 is 1.85 bits per heavy atom. The first-order valence-electron chi connectivity index (χ1n) is 10.5. The Labute approximate surface area is 195 Å². The highest BCUT2D eigenvalue weighted by atomic mass is 35.5. The number of alkyl halides is 1. The molecule has 0 bridgehead atoms. The standard InChI is InChI=1S/C24H23ClFN3O4/c1-23(26)12-24(31,13-23)14-33-19-8-7-18(9-20(19)32-2)28-10-15-11-29(27-21(15)22(28)30)17-5-3-16(25)4-6-17/h3-9,11,31H,10,12-14H2,1-2H3. The van der Waals surface area contributed by atoms with E-state index in [0.29, 0.717) is 34.4 Å². The first-order valence-corrected chi connectivity index (χ1v) is 10.9. The van der Waals surface area contributed by atoms with E-state index in [0.717, 1.165) is 11.3 Å². The number of hydrogen-bond donors (Lipinski definition) is 1. The summed E-state index contributed by atoms with van der Waals surface area (Å²) in [4.78, 5) is 14.6. The number of rotatable bonds is 6. The molecular weight excluding hydrogens is 449 g/mol. The van der Waals surface area contributed by atoms with Crippen LogP contribution < -0.4 is 14.4 Å². The van der Waals surface area contributed by atoms with Crippen molar-refractivity contribution in [2.45, 2.75) is 37.6 Å². The number of amides is 1. The van der Waals surface area contributed by atoms with Crippen LogP contribution in [0.3, 0.4) is 0 Å². The number of anilines is 1. The fraction of sp³-hybridized carbons (Fsp3) is 0.333. The lowest BCUT2D eigenvalue weighted by molar-refractivity contribution is -0.150. The molecule has 1 amide bonds. The third-order valence-electron chi connectivity index (χ3n) is 6.01. The van der Waals surface area contributed by atoms with Gasteiger partial charge in [0.1, 0.15) is 17.9 Å². The fourth-order valence-electron chi connectivity index (χ4n) is 4.59. The maximum absolute atomic E-state index is 13.8. The molecule has 1 saturated carbocycles. The Morgan fingerprint density at radius 1 is 1.15 bits per heavy atom. The lowest BCUT2D eigenvalue weighted by Crippen LogP contribution is -2.55. The molecule has 1 N–H and O–H groups in total. The minimum atomic E-state index is -1.36. The number of ether oxygens (including phenoxy) is 2. The number of halogens is 2. The fourth-order valence-corrected chi connectivity index (χ4v) is 4.71. The minimum absolute atomic E-state index is 0.0327. The van der Waals surface area contributed by atoms with Gasteiger partial charge in [0.05, 0.1) is 19.3 Å². The van der Waals surface area contributed by atoms with Crippen molar-refractivity contribution in [2.24, 2.45) is 0 Å². The van der Waals surface area contributed by atoms with Gasteiger partial charge in [0.15, 0.2) is 17.2 Å². The molecule has 33 heavy (non-hydrogen) atoms. The van der Waals surface area contributed by atoms with Crippen LogP contribution >= 0.6 is 11.6 Å². The van der Waals surface area contributed by atoms with Gasteiger partial charge >= 0.3 is 0 Å². The summed E-state index contributed by atoms with van der Waals surface area (Å²) >= 11 is 5.95. The van der Waals surface area contributed by atoms with Crippen LogP contribution in [-0.4, -0.2) is 45.8 Å². The molecule has 0 atom stereocenters. The maximum atomic E-state index is 13.8. The van der Waals surface area contributed by atoms with Crippen LogP contribution in [0.25, 0.3) is 5.69 Å². The second-order valence-corrected chi connectivity index (χ2v) is 9.37. The van der Waals surface area contributed by atoms with Crippen molar-refractivity contribution in [3.8, 4) is 17.2 Å². The molecule has 0 spiro atoms. The van der Waals surface area contributed by atoms with E-state index in [9.17, 15) is 14.3 Å². The van der Waals surface area contributed by atoms with Crippen LogP contribution in [0.4, 0.5) is 10.1 Å². The molecule has 2 aromatic carbocycles. The van der Waals surface area contributed by atoms with Crippen molar-refractivity contribution >= 4 is 23.2 Å². The van der Waals surface area contributed by atoms with E-state index in [1.165, 1.54) is 14.0 Å². The van der Waals surface area contributed by atoms with E-state index < -0.39 is 11.3 Å². The molecule has 0 radical (unpaired) electrons. The maximum Gasteiger partial charge on any atom is 0.279 e. The van der Waals surface area contributed by atoms with Gasteiger partial charge in [0, 0.05) is 41.4 Å². The molecule has 5 rings (SSSR count). The van der Waals surface area contributed by atoms with Crippen LogP contribution in [0.5, 0.6) is 11.5 Å². The van der Waals surface area contributed by atoms with Crippen molar-refractivity contribution in [2.75, 3.05) is 18.6 Å². The summed E-state index contributed by atoms with van der Waals surface area (Å²) in [6, 6.07) is 12.4. The van der Waals surface area contributed by atoms with E-state index in [1.54, 1.807) is 39.9 Å². The third kappa shape index (κ3) is 4.05. The highest BCUT2D eigenvalue weighted by Crippen LogP contribution is 2.45. The minimum Gasteiger partial charge on any atom is -0.493 e. The summed E-state index contributed by atoms with van der Waals surface area (Å²) in [5.41, 5.74) is 0.120. The molecule has 1 aromatic heterocycles. The lowest BCUT2D eigenvalue weighted by atomic mass is 9.70. The van der Waals surface area contributed by atoms with E-state index in [1.807, 2.05) is 18.3 Å². The van der Waals surface area contributed by atoms with Crippen molar-refractivity contribution < 1.29 is 23.8 Å². The van der Waals surface area contributed by atoms with E-state index in [-0.39, 0.29) is 25.4 Å². The number of aromatic nitrogens is 2. The number of methoxy groups -OCH3 is 1. The van der Waals surface area contributed by atoms with Gasteiger partial charge in [-0.2, -0.15) is 5.10 Å². The number of carbonyl (C=O) groups excluding carboxylic acids is 1. The van der Waals surface area contributed by atoms with Crippen molar-refractivity contribution in [1.29, 1.82) is 0 Å². The second kappa shape index (κ2) is 7.74. The third-order valence-corrected chi connectivity index (χ3v) is 6.26. The van der Waals surface area contributed by atoms with Gasteiger partial charge in [0.2, 0.25) is 0 Å². The molecule has 2 aliphatic rings. The zero-order valence-corrected chi connectivity index (χ0v) is 19.0. The Morgan fingerprint density at radius 3 is 2.48 bits per heavy atom. The van der Waals surface area contributed by atoms with Crippen molar-refractivity contribution in [3.05, 3.63) is 64.9 Å². The van der Waals surface area contributed by atoms with Gasteiger partial charge < -0.3 is 19.5 Å². The first-order chi connectivity index (χ1) is 15.7. The lowest BCUT2D eigenvalue weighted by Gasteiger charge is -2.45. The molecule has 1 aliphatic carbocycles. The molecule has 0 saturated heterocycles. The van der Waals surface area contributed by atoms with Crippen LogP contribution in [0, 0.1) is 0 Å². The average molecular weight is 472 g/mol. The number of carbonyl (C=O) groups is 1. The van der Waals surface area contributed by atoms with Gasteiger partial charge in [-0.3, -0.25) is 4.79 Å². The summed E-state index contributed by atoms with van der Waals surface area (Å²) in [6.45, 7) is 1.81. The predicted octanol–water partition coefficient (Wildman–Crippen LogP) is 4.33. The Balaban J connectivity index is 1.31. The molecule has 7 nitrogen and oxygen atoms in total. The number of nitrogens with zero attached hydrogens (tertiary/aromatic N) is 3. The Hall–Kier alpha value is -3.10. The number of fused-ring (bicyclic) bond motifs is 1. The topological polar surface area (TPSA) is 76.8 Å². The van der Waals surface area contributed by atoms with Crippen molar-refractivity contribution in [1.82, 2.24) is 9.78 Å². The number of benzene rings is 2. The Bertz CT molecular complexity index is 1220. The normalized spacial score (nSPS) is 23.9. The molecule has 3 aromatic rings. The summed E-state index contributed by atoms with van der Waals surface area (Å²) in [5.74, 6) is 0.626. The van der Waals surface area contributed by atoms with Crippen LogP contribution in [0.15, 0.2) is 48.7 Å². The van der Waals surface area contributed by atoms with Crippen molar-refractivity contribution in [3.63, 3.8) is 0 Å². The quantitative estimate of drug-likeness (QED) is 0.579. The molecule has 1 fully saturated rings. The molecule has 1 aliphatic heterocycles. The smallest absolute Gasteiger partial charge is 0.279 e. The summed E-state index contributed by atoms with van der Waals surface area (Å²) < 4.78 is 26.6. The highest BCUT2D eigenvalue weighted by molar-refractivity contribution is 6.30. The van der Waals surface area contributed by atoms with E-state index in [4.69, 9.17) is 21.1 Å². The van der Waals surface area contributed by atoms with E-state index >= 15 is 0 Å². The molecule has 172 valence electrons. The van der Waals surface area contributed by atoms with Gasteiger partial charge in [-0.1, -0.05) is 11.6 Å². The zero-order chi connectivity index (χ0) is 23.4. The SMILES string of the molecule is COc1cc(N2Cc3cn(-c4ccc(Cl)cc4)nc3C2=O)ccc1OCC1(O)CC(C)(F)C1. The number of hydrogen-bond acceptors (Lipinski definition) is 5. The van der Waals surface area contributed by atoms with Crippen LogP contribution in [-0.2, 0) is 6.54 Å². The molecule has 0 unspecified atom stereocenters. The monoisotopic (exact) mass is 471 g/mol. The largest absolute Gasteiger partial charge is 0.493 e. The van der Waals surface area contributed by atoms with Gasteiger partial charge in [-0.15, -0.1) is 0 Å². The predicted molar refractivity (Wildman–Crippen MR) is 121 cm³/mol. The number of aliphatic hydroxyl groups is 1. The summed E-state index contributed by atoms with van der Waals surface area (Å²) in [6.07, 6.45) is 1.91. The Kier molecular flexibility index (Phi) is 5.10. The highest BCUT2D eigenvalue weighted by Gasteiger charge is 2.52. The second-order valence-electron chi connectivity index (χ2n) is 8.93. The summed E-state index contributed by atoms with van der Waals surface area (Å²) in [5, 5.41) is 15.4. The zero-order valence-electron chi connectivity index (χ0n) is 18.2. The van der Waals surface area contributed by atoms with Crippen LogP contribution in [0.2, 0.25) is 5.02 Å². The van der Waals surface area contributed by atoms with Crippen LogP contribution in [0.1, 0.15) is 35.8 Å². The van der Waals surface area contributed by atoms with Gasteiger partial charge in [-0.05, 0) is 43.3 Å². The average Bonchev–Trinajstić information content (AvgIpc) is 3.31. The molecular formula is C24H23ClFN3O4. The molecule has 2 heterocycles. The van der Waals surface area contributed by atoms with Gasteiger partial charge in [-0.25, -0.2) is 9.07 Å². The molecule has 9 heteroatoms.